The lowest BCUT2D eigenvalue weighted by molar-refractivity contribution is -0.0198. The first-order valence-corrected chi connectivity index (χ1v) is 5.77. The van der Waals surface area contributed by atoms with Gasteiger partial charge in [0.05, 0.1) is 6.10 Å². The summed E-state index contributed by atoms with van der Waals surface area (Å²) in [5, 5.41) is 10.0. The van der Waals surface area contributed by atoms with Gasteiger partial charge in [0.15, 0.2) is 0 Å². The fraction of sp³-hybridized carbons (Fsp3) is 0.538. The van der Waals surface area contributed by atoms with Crippen LogP contribution >= 0.6 is 0 Å². The van der Waals surface area contributed by atoms with Crippen molar-refractivity contribution in [3.63, 3.8) is 0 Å². The molecule has 1 aromatic rings. The second-order valence-corrected chi connectivity index (χ2v) is 4.39. The maximum Gasteiger partial charge on any atom is 0.128 e. The smallest absolute Gasteiger partial charge is 0.128 e. The van der Waals surface area contributed by atoms with Gasteiger partial charge < -0.3 is 9.84 Å². The Morgan fingerprint density at radius 2 is 2.12 bits per heavy atom. The first-order valence-electron chi connectivity index (χ1n) is 5.77. The first-order chi connectivity index (χ1) is 7.60. The lowest BCUT2D eigenvalue weighted by Crippen LogP contribution is -2.40. The van der Waals surface area contributed by atoms with E-state index in [9.17, 15) is 9.50 Å². The maximum atomic E-state index is 13.1. The molecule has 1 atom stereocenters. The Morgan fingerprint density at radius 3 is 2.75 bits per heavy atom. The second-order valence-electron chi connectivity index (χ2n) is 4.39. The van der Waals surface area contributed by atoms with Crippen LogP contribution in [-0.2, 0) is 0 Å². The van der Waals surface area contributed by atoms with Crippen molar-refractivity contribution >= 4 is 0 Å². The van der Waals surface area contributed by atoms with E-state index in [1.54, 1.807) is 6.07 Å². The zero-order valence-electron chi connectivity index (χ0n) is 9.66. The van der Waals surface area contributed by atoms with Gasteiger partial charge in [-0.25, -0.2) is 4.39 Å². The van der Waals surface area contributed by atoms with Crippen molar-refractivity contribution in [2.24, 2.45) is 0 Å². The fourth-order valence-corrected chi connectivity index (χ4v) is 2.29. The molecule has 1 aliphatic rings. The van der Waals surface area contributed by atoms with Crippen LogP contribution < -0.4 is 4.74 Å². The van der Waals surface area contributed by atoms with E-state index < -0.39 is 6.10 Å². The lowest BCUT2D eigenvalue weighted by atomic mass is 9.85. The highest BCUT2D eigenvalue weighted by atomic mass is 19.1. The number of benzene rings is 1. The van der Waals surface area contributed by atoms with Crippen molar-refractivity contribution in [3.8, 4) is 5.75 Å². The Labute approximate surface area is 95.1 Å². The van der Waals surface area contributed by atoms with E-state index in [-0.39, 0.29) is 11.4 Å². The Bertz CT molecular complexity index is 386. The van der Waals surface area contributed by atoms with Crippen molar-refractivity contribution in [2.45, 2.75) is 44.8 Å². The van der Waals surface area contributed by atoms with Gasteiger partial charge in [-0.3, -0.25) is 0 Å². The number of halogens is 1. The summed E-state index contributed by atoms with van der Waals surface area (Å²) in [5.41, 5.74) is 0.346. The highest BCUT2D eigenvalue weighted by Crippen LogP contribution is 2.42. The van der Waals surface area contributed by atoms with E-state index in [1.807, 2.05) is 13.8 Å². The van der Waals surface area contributed by atoms with Crippen molar-refractivity contribution in [3.05, 3.63) is 29.6 Å². The molecule has 0 amide bonds. The molecule has 0 radical (unpaired) electrons. The quantitative estimate of drug-likeness (QED) is 0.835. The number of rotatable bonds is 2. The van der Waals surface area contributed by atoms with E-state index in [2.05, 4.69) is 0 Å². The molecule has 1 aromatic carbocycles. The van der Waals surface area contributed by atoms with Gasteiger partial charge in [0.1, 0.15) is 17.2 Å². The summed E-state index contributed by atoms with van der Waals surface area (Å²) in [6.07, 6.45) is 1.66. The summed E-state index contributed by atoms with van der Waals surface area (Å²) < 4.78 is 19.0. The first kappa shape index (κ1) is 11.4. The van der Waals surface area contributed by atoms with E-state index in [4.69, 9.17) is 4.74 Å². The number of fused-ring (bicyclic) bond motifs is 1. The van der Waals surface area contributed by atoms with Crippen molar-refractivity contribution in [1.29, 1.82) is 0 Å². The number of aliphatic hydroxyl groups excluding tert-OH is 1. The Balaban J connectivity index is 2.41. The zero-order valence-corrected chi connectivity index (χ0v) is 9.66. The predicted octanol–water partition coefficient (Wildman–Crippen LogP) is 3.20. The van der Waals surface area contributed by atoms with Crippen LogP contribution in [0, 0.1) is 5.82 Å². The molecule has 16 heavy (non-hydrogen) atoms. The van der Waals surface area contributed by atoms with Gasteiger partial charge in [0.25, 0.3) is 0 Å². The molecule has 3 heteroatoms. The Hall–Kier alpha value is -1.09. The van der Waals surface area contributed by atoms with Crippen LogP contribution in [0.1, 0.15) is 44.8 Å². The molecule has 0 aromatic heterocycles. The minimum atomic E-state index is -0.552. The summed E-state index contributed by atoms with van der Waals surface area (Å²) in [6, 6.07) is 4.32. The number of aliphatic hydroxyl groups is 1. The molecular formula is C13H17FO2. The van der Waals surface area contributed by atoms with Gasteiger partial charge in [-0.15, -0.1) is 0 Å². The van der Waals surface area contributed by atoms with Crippen LogP contribution in [0.15, 0.2) is 18.2 Å². The lowest BCUT2D eigenvalue weighted by Gasteiger charge is -2.39. The largest absolute Gasteiger partial charge is 0.487 e. The number of hydrogen-bond acceptors (Lipinski definition) is 2. The third-order valence-corrected chi connectivity index (χ3v) is 3.52. The summed E-state index contributed by atoms with van der Waals surface area (Å²) in [5.74, 6) is 0.163. The predicted molar refractivity (Wildman–Crippen MR) is 59.9 cm³/mol. The average molecular weight is 224 g/mol. The second kappa shape index (κ2) is 4.06. The standard InChI is InChI=1S/C13H17FO2/c1-3-13(4-2)8-11(15)10-6-5-9(14)7-12(10)16-13/h5-7,11,15H,3-4,8H2,1-2H3/t11-/m0/s1. The summed E-state index contributed by atoms with van der Waals surface area (Å²) >= 11 is 0. The van der Waals surface area contributed by atoms with Crippen LogP contribution in [0.4, 0.5) is 4.39 Å². The molecule has 2 nitrogen and oxygen atoms in total. The fourth-order valence-electron chi connectivity index (χ4n) is 2.29. The SMILES string of the molecule is CCC1(CC)C[C@H](O)c2ccc(F)cc2O1. The molecular weight excluding hydrogens is 207 g/mol. The highest BCUT2D eigenvalue weighted by molar-refractivity contribution is 5.38. The average Bonchev–Trinajstić information content (AvgIpc) is 2.28. The van der Waals surface area contributed by atoms with E-state index in [1.165, 1.54) is 12.1 Å². The molecule has 2 rings (SSSR count). The third-order valence-electron chi connectivity index (χ3n) is 3.52. The molecule has 0 saturated heterocycles. The highest BCUT2D eigenvalue weighted by Gasteiger charge is 2.37. The summed E-state index contributed by atoms with van der Waals surface area (Å²) in [4.78, 5) is 0. The minimum Gasteiger partial charge on any atom is -0.487 e. The van der Waals surface area contributed by atoms with Gasteiger partial charge in [-0.1, -0.05) is 13.8 Å². The molecule has 0 spiro atoms. The molecule has 0 aliphatic carbocycles. The normalized spacial score (nSPS) is 22.4. The minimum absolute atomic E-state index is 0.325. The number of ether oxygens (including phenoxy) is 1. The Morgan fingerprint density at radius 1 is 1.44 bits per heavy atom. The molecule has 1 aliphatic heterocycles. The maximum absolute atomic E-state index is 13.1. The summed E-state index contributed by atoms with van der Waals surface area (Å²) in [6.45, 7) is 4.06. The van der Waals surface area contributed by atoms with E-state index >= 15 is 0 Å². The van der Waals surface area contributed by atoms with Crippen LogP contribution in [0.25, 0.3) is 0 Å². The molecule has 0 bridgehead atoms. The van der Waals surface area contributed by atoms with E-state index in [0.717, 1.165) is 12.8 Å². The van der Waals surface area contributed by atoms with Gasteiger partial charge in [-0.2, -0.15) is 0 Å². The third kappa shape index (κ3) is 1.80. The zero-order chi connectivity index (χ0) is 11.8. The molecule has 1 N–H and O–H groups in total. The molecule has 0 saturated carbocycles. The van der Waals surface area contributed by atoms with Gasteiger partial charge in [0.2, 0.25) is 0 Å². The van der Waals surface area contributed by atoms with Crippen LogP contribution in [0.5, 0.6) is 5.75 Å². The molecule has 88 valence electrons. The molecule has 0 fully saturated rings. The summed E-state index contributed by atoms with van der Waals surface area (Å²) in [7, 11) is 0. The van der Waals surface area contributed by atoms with Gasteiger partial charge in [0, 0.05) is 18.1 Å². The molecule has 0 unspecified atom stereocenters. The van der Waals surface area contributed by atoms with Crippen molar-refractivity contribution in [1.82, 2.24) is 0 Å². The van der Waals surface area contributed by atoms with Crippen LogP contribution in [0.3, 0.4) is 0 Å². The van der Waals surface area contributed by atoms with Crippen LogP contribution in [0.2, 0.25) is 0 Å². The van der Waals surface area contributed by atoms with Crippen LogP contribution in [-0.4, -0.2) is 10.7 Å². The van der Waals surface area contributed by atoms with Gasteiger partial charge >= 0.3 is 0 Å². The topological polar surface area (TPSA) is 29.5 Å². The Kier molecular flexibility index (Phi) is 2.89. The van der Waals surface area contributed by atoms with Gasteiger partial charge in [-0.05, 0) is 25.0 Å². The monoisotopic (exact) mass is 224 g/mol. The van der Waals surface area contributed by atoms with E-state index in [0.29, 0.717) is 17.7 Å². The number of hydrogen-bond donors (Lipinski definition) is 1. The van der Waals surface area contributed by atoms with Crippen molar-refractivity contribution in [2.75, 3.05) is 0 Å². The van der Waals surface area contributed by atoms with Crippen molar-refractivity contribution < 1.29 is 14.2 Å². The molecule has 1 heterocycles.